The van der Waals surface area contributed by atoms with Crippen LogP contribution in [-0.4, -0.2) is 31.3 Å². The van der Waals surface area contributed by atoms with E-state index < -0.39 is 0 Å². The first-order chi connectivity index (χ1) is 12.7. The molecule has 2 N–H and O–H groups in total. The van der Waals surface area contributed by atoms with Gasteiger partial charge in [-0.3, -0.25) is 0 Å². The van der Waals surface area contributed by atoms with Crippen molar-refractivity contribution in [3.63, 3.8) is 0 Å². The van der Waals surface area contributed by atoms with E-state index in [1.165, 1.54) is 6.33 Å². The van der Waals surface area contributed by atoms with E-state index in [0.29, 0.717) is 17.4 Å². The number of anilines is 4. The van der Waals surface area contributed by atoms with Gasteiger partial charge in [-0.25, -0.2) is 9.97 Å². The molecule has 134 valence electrons. The zero-order valence-corrected chi connectivity index (χ0v) is 14.8. The molecular weight excluding hydrogens is 332 g/mol. The van der Waals surface area contributed by atoms with Crippen molar-refractivity contribution < 1.29 is 14.2 Å². The van der Waals surface area contributed by atoms with Gasteiger partial charge in [0, 0.05) is 17.8 Å². The topological polar surface area (TPSA) is 77.5 Å². The molecule has 7 heteroatoms. The number of nitrogens with zero attached hydrogens (tertiary/aromatic N) is 2. The lowest BCUT2D eigenvalue weighted by molar-refractivity contribution is 0.405. The second kappa shape index (κ2) is 8.06. The second-order valence-corrected chi connectivity index (χ2v) is 5.33. The normalized spacial score (nSPS) is 10.1. The maximum atomic E-state index is 5.38. The summed E-state index contributed by atoms with van der Waals surface area (Å²) in [5, 5.41) is 6.46. The van der Waals surface area contributed by atoms with Crippen molar-refractivity contribution in [3.8, 4) is 17.2 Å². The number of benzene rings is 2. The monoisotopic (exact) mass is 352 g/mol. The number of ether oxygens (including phenoxy) is 3. The van der Waals surface area contributed by atoms with Crippen LogP contribution in [0.25, 0.3) is 0 Å². The van der Waals surface area contributed by atoms with Gasteiger partial charge in [0.15, 0.2) is 0 Å². The van der Waals surface area contributed by atoms with Gasteiger partial charge in [0.25, 0.3) is 0 Å². The zero-order chi connectivity index (χ0) is 18.4. The van der Waals surface area contributed by atoms with Crippen LogP contribution in [0, 0.1) is 0 Å². The Kier molecular flexibility index (Phi) is 5.38. The standard InChI is InChI=1S/C19H20N4O3/c1-24-14-6-4-13(5-7-14)22-18-11-19(21-12-20-18)23-16-10-15(25-2)8-9-17(16)26-3/h4-12H,1-3H3,(H2,20,21,22,23). The molecule has 0 bridgehead atoms. The van der Waals surface area contributed by atoms with Crippen molar-refractivity contribution in [1.82, 2.24) is 9.97 Å². The van der Waals surface area contributed by atoms with Crippen molar-refractivity contribution in [3.05, 3.63) is 54.9 Å². The van der Waals surface area contributed by atoms with E-state index >= 15 is 0 Å². The molecule has 0 aliphatic rings. The lowest BCUT2D eigenvalue weighted by Crippen LogP contribution is -2.00. The fourth-order valence-corrected chi connectivity index (χ4v) is 2.37. The van der Waals surface area contributed by atoms with Crippen molar-refractivity contribution in [2.24, 2.45) is 0 Å². The lowest BCUT2D eigenvalue weighted by atomic mass is 10.2. The molecule has 1 heterocycles. The Balaban J connectivity index is 1.79. The van der Waals surface area contributed by atoms with Crippen LogP contribution in [0.5, 0.6) is 17.2 Å². The molecule has 7 nitrogen and oxygen atoms in total. The van der Waals surface area contributed by atoms with E-state index in [-0.39, 0.29) is 0 Å². The van der Waals surface area contributed by atoms with Gasteiger partial charge in [-0.2, -0.15) is 0 Å². The highest BCUT2D eigenvalue weighted by molar-refractivity contribution is 5.68. The minimum Gasteiger partial charge on any atom is -0.497 e. The third-order valence-corrected chi connectivity index (χ3v) is 3.70. The summed E-state index contributed by atoms with van der Waals surface area (Å²) in [6.07, 6.45) is 1.49. The quantitative estimate of drug-likeness (QED) is 0.666. The van der Waals surface area contributed by atoms with E-state index in [4.69, 9.17) is 14.2 Å². The van der Waals surface area contributed by atoms with Crippen LogP contribution in [0.3, 0.4) is 0 Å². The Hall–Kier alpha value is -3.48. The fourth-order valence-electron chi connectivity index (χ4n) is 2.37. The molecule has 3 rings (SSSR count). The average molecular weight is 352 g/mol. The number of aromatic nitrogens is 2. The Labute approximate surface area is 152 Å². The Morgan fingerprint density at radius 1 is 0.692 bits per heavy atom. The minimum atomic E-state index is 0.627. The van der Waals surface area contributed by atoms with Gasteiger partial charge in [0.2, 0.25) is 0 Å². The highest BCUT2D eigenvalue weighted by atomic mass is 16.5. The molecule has 0 atom stereocenters. The van der Waals surface area contributed by atoms with E-state index in [1.807, 2.05) is 48.5 Å². The summed E-state index contributed by atoms with van der Waals surface area (Å²) in [5.74, 6) is 3.50. The van der Waals surface area contributed by atoms with Gasteiger partial charge in [0.1, 0.15) is 35.2 Å². The number of nitrogens with one attached hydrogen (secondary N) is 2. The summed E-state index contributed by atoms with van der Waals surface area (Å²) in [6.45, 7) is 0. The van der Waals surface area contributed by atoms with Crippen LogP contribution in [0.15, 0.2) is 54.9 Å². The molecule has 0 unspecified atom stereocenters. The third kappa shape index (κ3) is 4.13. The van der Waals surface area contributed by atoms with Crippen molar-refractivity contribution in [2.75, 3.05) is 32.0 Å². The van der Waals surface area contributed by atoms with Crippen LogP contribution in [-0.2, 0) is 0 Å². The van der Waals surface area contributed by atoms with Crippen LogP contribution < -0.4 is 24.8 Å². The van der Waals surface area contributed by atoms with E-state index in [9.17, 15) is 0 Å². The molecule has 0 aliphatic heterocycles. The minimum absolute atomic E-state index is 0.627. The maximum absolute atomic E-state index is 5.38. The molecule has 0 aliphatic carbocycles. The number of methoxy groups -OCH3 is 3. The molecule has 0 radical (unpaired) electrons. The molecule has 2 aromatic carbocycles. The smallest absolute Gasteiger partial charge is 0.142 e. The van der Waals surface area contributed by atoms with Crippen molar-refractivity contribution >= 4 is 23.0 Å². The summed E-state index contributed by atoms with van der Waals surface area (Å²) < 4.78 is 15.8. The second-order valence-electron chi connectivity index (χ2n) is 5.33. The molecular formula is C19H20N4O3. The Morgan fingerprint density at radius 2 is 1.35 bits per heavy atom. The predicted molar refractivity (Wildman–Crippen MR) is 101 cm³/mol. The molecule has 26 heavy (non-hydrogen) atoms. The third-order valence-electron chi connectivity index (χ3n) is 3.70. The van der Waals surface area contributed by atoms with E-state index in [2.05, 4.69) is 20.6 Å². The van der Waals surface area contributed by atoms with Crippen molar-refractivity contribution in [1.29, 1.82) is 0 Å². The Morgan fingerprint density at radius 3 is 2.00 bits per heavy atom. The fraction of sp³-hybridized carbons (Fsp3) is 0.158. The van der Waals surface area contributed by atoms with Gasteiger partial charge in [0.05, 0.1) is 27.0 Å². The molecule has 0 saturated heterocycles. The average Bonchev–Trinajstić information content (AvgIpc) is 2.69. The highest BCUT2D eigenvalue weighted by Gasteiger charge is 2.07. The summed E-state index contributed by atoms with van der Waals surface area (Å²) >= 11 is 0. The van der Waals surface area contributed by atoms with Gasteiger partial charge in [-0.05, 0) is 36.4 Å². The maximum Gasteiger partial charge on any atom is 0.142 e. The summed E-state index contributed by atoms with van der Waals surface area (Å²) in [4.78, 5) is 8.50. The first-order valence-electron chi connectivity index (χ1n) is 7.94. The van der Waals surface area contributed by atoms with Crippen molar-refractivity contribution in [2.45, 2.75) is 0 Å². The molecule has 0 saturated carbocycles. The SMILES string of the molecule is COc1ccc(Nc2cc(Nc3cc(OC)ccc3OC)ncn2)cc1. The summed E-state index contributed by atoms with van der Waals surface area (Å²) in [7, 11) is 4.87. The summed E-state index contributed by atoms with van der Waals surface area (Å²) in [5.41, 5.74) is 1.65. The molecule has 0 amide bonds. The number of hydrogen-bond donors (Lipinski definition) is 2. The highest BCUT2D eigenvalue weighted by Crippen LogP contribution is 2.31. The van der Waals surface area contributed by atoms with Gasteiger partial charge in [-0.15, -0.1) is 0 Å². The molecule has 0 fully saturated rings. The van der Waals surface area contributed by atoms with Gasteiger partial charge >= 0.3 is 0 Å². The Bertz CT molecular complexity index is 869. The molecule has 0 spiro atoms. The van der Waals surface area contributed by atoms with Gasteiger partial charge in [-0.1, -0.05) is 0 Å². The number of hydrogen-bond acceptors (Lipinski definition) is 7. The van der Waals surface area contributed by atoms with Crippen LogP contribution in [0.2, 0.25) is 0 Å². The first-order valence-corrected chi connectivity index (χ1v) is 7.94. The summed E-state index contributed by atoms with van der Waals surface area (Å²) in [6, 6.07) is 14.9. The zero-order valence-electron chi connectivity index (χ0n) is 14.8. The molecule has 3 aromatic rings. The number of rotatable bonds is 7. The molecule has 1 aromatic heterocycles. The van der Waals surface area contributed by atoms with Crippen LogP contribution >= 0.6 is 0 Å². The predicted octanol–water partition coefficient (Wildman–Crippen LogP) is 3.99. The van der Waals surface area contributed by atoms with Crippen LogP contribution in [0.1, 0.15) is 0 Å². The van der Waals surface area contributed by atoms with E-state index in [0.717, 1.165) is 22.9 Å². The first kappa shape index (κ1) is 17.3. The van der Waals surface area contributed by atoms with E-state index in [1.54, 1.807) is 21.3 Å². The largest absolute Gasteiger partial charge is 0.497 e. The van der Waals surface area contributed by atoms with Gasteiger partial charge < -0.3 is 24.8 Å². The van der Waals surface area contributed by atoms with Crippen LogP contribution in [0.4, 0.5) is 23.0 Å². The lowest BCUT2D eigenvalue weighted by Gasteiger charge is -2.13.